The molecule has 1 aromatic carbocycles. The van der Waals surface area contributed by atoms with Gasteiger partial charge in [-0.1, -0.05) is 13.8 Å². The summed E-state index contributed by atoms with van der Waals surface area (Å²) in [7, 11) is 3.11. The normalized spacial score (nSPS) is 12.4. The van der Waals surface area contributed by atoms with Crippen LogP contribution in [0.2, 0.25) is 0 Å². The van der Waals surface area contributed by atoms with E-state index in [1.807, 2.05) is 40.7 Å². The summed E-state index contributed by atoms with van der Waals surface area (Å²) in [5, 5.41) is 0. The van der Waals surface area contributed by atoms with Crippen molar-refractivity contribution in [3.05, 3.63) is 28.3 Å². The van der Waals surface area contributed by atoms with Crippen molar-refractivity contribution in [2.24, 2.45) is 5.92 Å². The van der Waals surface area contributed by atoms with E-state index in [1.165, 1.54) is 7.11 Å². The van der Waals surface area contributed by atoms with Crippen LogP contribution >= 0.6 is 0 Å². The van der Waals surface area contributed by atoms with E-state index in [2.05, 4.69) is 0 Å². The maximum absolute atomic E-state index is 12.1. The second-order valence-corrected chi connectivity index (χ2v) is 5.30. The molecule has 0 N–H and O–H groups in total. The second-order valence-electron chi connectivity index (χ2n) is 5.30. The zero-order chi connectivity index (χ0) is 14.7. The highest BCUT2D eigenvalue weighted by Crippen LogP contribution is 2.36. The fraction of sp³-hybridized carbons (Fsp3) is 0.562. The van der Waals surface area contributed by atoms with Crippen molar-refractivity contribution in [2.45, 2.75) is 40.5 Å². The third kappa shape index (κ3) is 2.91. The molecular formula is C16H24O3. The third-order valence-electron chi connectivity index (χ3n) is 3.76. The Hall–Kier alpha value is -1.51. The first-order valence-corrected chi connectivity index (χ1v) is 6.57. The largest absolute Gasteiger partial charge is 0.496 e. The predicted molar refractivity (Wildman–Crippen MR) is 76.8 cm³/mol. The first-order valence-electron chi connectivity index (χ1n) is 6.57. The fourth-order valence-electron chi connectivity index (χ4n) is 2.61. The Kier molecular flexibility index (Phi) is 4.98. The molecule has 0 aliphatic rings. The Balaban J connectivity index is 3.48. The number of aryl methyl sites for hydroxylation is 1. The highest BCUT2D eigenvalue weighted by atomic mass is 16.5. The zero-order valence-corrected chi connectivity index (χ0v) is 13.0. The molecule has 3 nitrogen and oxygen atoms in total. The monoisotopic (exact) mass is 264 g/mol. The topological polar surface area (TPSA) is 35.5 Å². The number of methoxy groups -OCH3 is 2. The Morgan fingerprint density at radius 1 is 1.11 bits per heavy atom. The molecule has 0 aromatic heterocycles. The van der Waals surface area contributed by atoms with Crippen molar-refractivity contribution in [2.75, 3.05) is 14.2 Å². The van der Waals surface area contributed by atoms with Crippen LogP contribution in [0, 0.1) is 26.7 Å². The first-order chi connectivity index (χ1) is 8.84. The van der Waals surface area contributed by atoms with E-state index in [0.717, 1.165) is 28.0 Å². The Labute approximate surface area is 115 Å². The van der Waals surface area contributed by atoms with Crippen molar-refractivity contribution in [1.29, 1.82) is 0 Å². The van der Waals surface area contributed by atoms with Crippen LogP contribution in [0.1, 0.15) is 42.0 Å². The number of rotatable bonds is 4. The van der Waals surface area contributed by atoms with Crippen molar-refractivity contribution in [1.82, 2.24) is 0 Å². The summed E-state index contributed by atoms with van der Waals surface area (Å²) in [4.78, 5) is 12.1. The Bertz CT molecular complexity index is 475. The van der Waals surface area contributed by atoms with Gasteiger partial charge in [-0.05, 0) is 55.0 Å². The molecule has 0 heterocycles. The molecule has 0 aliphatic carbocycles. The van der Waals surface area contributed by atoms with Gasteiger partial charge in [0.1, 0.15) is 5.75 Å². The standard InChI is InChI=1S/C16H24O3/c1-9(2)14(16(17)19-7)15-10(3)8-13(18-6)11(4)12(15)5/h8-9,14H,1-7H3. The third-order valence-corrected chi connectivity index (χ3v) is 3.76. The minimum absolute atomic E-state index is 0.175. The first kappa shape index (κ1) is 15.5. The summed E-state index contributed by atoms with van der Waals surface area (Å²) in [6.45, 7) is 10.2. The molecule has 0 radical (unpaired) electrons. The molecule has 0 saturated carbocycles. The molecule has 0 amide bonds. The van der Waals surface area contributed by atoms with Crippen LogP contribution in [-0.4, -0.2) is 20.2 Å². The summed E-state index contributed by atoms with van der Waals surface area (Å²) >= 11 is 0. The summed E-state index contributed by atoms with van der Waals surface area (Å²) in [6, 6.07) is 2.00. The average molecular weight is 264 g/mol. The number of carbonyl (C=O) groups excluding carboxylic acids is 1. The lowest BCUT2D eigenvalue weighted by Crippen LogP contribution is -2.22. The molecule has 1 unspecified atom stereocenters. The van der Waals surface area contributed by atoms with Crippen LogP contribution in [0.3, 0.4) is 0 Å². The van der Waals surface area contributed by atoms with Crippen molar-refractivity contribution in [3.8, 4) is 5.75 Å². The summed E-state index contributed by atoms with van der Waals surface area (Å²) in [5.41, 5.74) is 4.34. The molecule has 0 saturated heterocycles. The van der Waals surface area contributed by atoms with E-state index in [1.54, 1.807) is 7.11 Å². The number of benzene rings is 1. The van der Waals surface area contributed by atoms with Gasteiger partial charge in [-0.2, -0.15) is 0 Å². The fourth-order valence-corrected chi connectivity index (χ4v) is 2.61. The quantitative estimate of drug-likeness (QED) is 0.780. The highest BCUT2D eigenvalue weighted by molar-refractivity contribution is 5.80. The van der Waals surface area contributed by atoms with Gasteiger partial charge in [0.15, 0.2) is 0 Å². The van der Waals surface area contributed by atoms with Gasteiger partial charge in [0.25, 0.3) is 0 Å². The van der Waals surface area contributed by atoms with Crippen molar-refractivity contribution in [3.63, 3.8) is 0 Å². The molecule has 1 rings (SSSR count). The van der Waals surface area contributed by atoms with Gasteiger partial charge < -0.3 is 9.47 Å². The van der Waals surface area contributed by atoms with E-state index in [0.29, 0.717) is 0 Å². The summed E-state index contributed by atoms with van der Waals surface area (Å²) in [6.07, 6.45) is 0. The minimum atomic E-state index is -0.227. The zero-order valence-electron chi connectivity index (χ0n) is 13.0. The van der Waals surface area contributed by atoms with Crippen molar-refractivity contribution >= 4 is 5.97 Å². The summed E-state index contributed by atoms with van der Waals surface area (Å²) in [5.74, 6) is 0.657. The van der Waals surface area contributed by atoms with Gasteiger partial charge in [-0.25, -0.2) is 0 Å². The Morgan fingerprint density at radius 2 is 1.68 bits per heavy atom. The lowest BCUT2D eigenvalue weighted by atomic mass is 9.82. The molecule has 1 aromatic rings. The van der Waals surface area contributed by atoms with Gasteiger partial charge >= 0.3 is 5.97 Å². The van der Waals surface area contributed by atoms with E-state index in [9.17, 15) is 4.79 Å². The molecule has 0 spiro atoms. The lowest BCUT2D eigenvalue weighted by Gasteiger charge is -2.24. The minimum Gasteiger partial charge on any atom is -0.496 e. The number of hydrogen-bond donors (Lipinski definition) is 0. The van der Waals surface area contributed by atoms with E-state index < -0.39 is 0 Å². The lowest BCUT2D eigenvalue weighted by molar-refractivity contribution is -0.143. The van der Waals surface area contributed by atoms with Crippen LogP contribution in [0.4, 0.5) is 0 Å². The molecule has 106 valence electrons. The maximum atomic E-state index is 12.1. The van der Waals surface area contributed by atoms with Crippen LogP contribution < -0.4 is 4.74 Å². The average Bonchev–Trinajstić information content (AvgIpc) is 2.37. The van der Waals surface area contributed by atoms with Crippen LogP contribution in [0.15, 0.2) is 6.07 Å². The van der Waals surface area contributed by atoms with Gasteiger partial charge in [0.05, 0.1) is 20.1 Å². The van der Waals surface area contributed by atoms with Crippen LogP contribution in [0.5, 0.6) is 5.75 Å². The molecular weight excluding hydrogens is 240 g/mol. The number of carbonyl (C=O) groups is 1. The van der Waals surface area contributed by atoms with Gasteiger partial charge in [0, 0.05) is 0 Å². The van der Waals surface area contributed by atoms with E-state index >= 15 is 0 Å². The maximum Gasteiger partial charge on any atom is 0.313 e. The van der Waals surface area contributed by atoms with E-state index in [4.69, 9.17) is 9.47 Å². The van der Waals surface area contributed by atoms with Crippen LogP contribution in [0.25, 0.3) is 0 Å². The molecule has 3 heteroatoms. The SMILES string of the molecule is COC(=O)C(c1c(C)cc(OC)c(C)c1C)C(C)C. The van der Waals surface area contributed by atoms with Crippen LogP contribution in [-0.2, 0) is 9.53 Å². The highest BCUT2D eigenvalue weighted by Gasteiger charge is 2.29. The van der Waals surface area contributed by atoms with Gasteiger partial charge in [-0.15, -0.1) is 0 Å². The molecule has 0 fully saturated rings. The molecule has 19 heavy (non-hydrogen) atoms. The number of hydrogen-bond acceptors (Lipinski definition) is 3. The van der Waals surface area contributed by atoms with Crippen molar-refractivity contribution < 1.29 is 14.3 Å². The number of ether oxygens (including phenoxy) is 2. The van der Waals surface area contributed by atoms with Gasteiger partial charge in [0.2, 0.25) is 0 Å². The second kappa shape index (κ2) is 6.09. The predicted octanol–water partition coefficient (Wildman–Crippen LogP) is 3.53. The van der Waals surface area contributed by atoms with Gasteiger partial charge in [-0.3, -0.25) is 4.79 Å². The number of esters is 1. The molecule has 0 bridgehead atoms. The summed E-state index contributed by atoms with van der Waals surface area (Å²) < 4.78 is 10.3. The Morgan fingerprint density at radius 3 is 2.11 bits per heavy atom. The van der Waals surface area contributed by atoms with E-state index in [-0.39, 0.29) is 17.8 Å². The molecule has 0 aliphatic heterocycles. The molecule has 1 atom stereocenters. The smallest absolute Gasteiger partial charge is 0.313 e.